The molecular formula is C12H13N3O3S. The van der Waals surface area contributed by atoms with Gasteiger partial charge in [-0.3, -0.25) is 4.98 Å². The molecule has 0 saturated heterocycles. The van der Waals surface area contributed by atoms with Crippen molar-refractivity contribution in [1.29, 1.82) is 0 Å². The Hall–Kier alpha value is -2.20. The smallest absolute Gasteiger partial charge is 0.337 e. The molecule has 1 aromatic rings. The number of thioether (sulfide) groups is 1. The molecule has 1 aromatic heterocycles. The second-order valence-corrected chi connectivity index (χ2v) is 4.51. The highest BCUT2D eigenvalue weighted by atomic mass is 32.2. The molecule has 0 aliphatic heterocycles. The molecule has 1 heterocycles. The van der Waals surface area contributed by atoms with E-state index in [1.807, 2.05) is 0 Å². The van der Waals surface area contributed by atoms with Crippen molar-refractivity contribution in [2.45, 2.75) is 0 Å². The fourth-order valence-corrected chi connectivity index (χ4v) is 1.68. The fraction of sp³-hybridized carbons (Fsp3) is 0.250. The van der Waals surface area contributed by atoms with Gasteiger partial charge in [0, 0.05) is 18.5 Å². The zero-order chi connectivity index (χ0) is 14.1. The van der Waals surface area contributed by atoms with E-state index in [0.717, 1.165) is 0 Å². The number of aromatic carboxylic acids is 1. The molecule has 0 atom stereocenters. The third-order valence-corrected chi connectivity index (χ3v) is 2.82. The standard InChI is InChI=1S/C12H13N3O3S/c1-2-4-19-5-3-14-12(18)15-10-6-9(11(16)17)7-13-8-10/h1,6-8H,3-5H2,(H,16,17)(H2,14,15,18). The highest BCUT2D eigenvalue weighted by Gasteiger charge is 2.06. The molecule has 0 aromatic carbocycles. The number of carboxylic acid groups (broad SMARTS) is 1. The molecule has 6 nitrogen and oxygen atoms in total. The molecule has 3 N–H and O–H groups in total. The van der Waals surface area contributed by atoms with Crippen LogP contribution in [0.1, 0.15) is 10.4 Å². The van der Waals surface area contributed by atoms with Crippen molar-refractivity contribution < 1.29 is 14.7 Å². The van der Waals surface area contributed by atoms with Gasteiger partial charge in [0.2, 0.25) is 0 Å². The zero-order valence-electron chi connectivity index (χ0n) is 10.0. The molecule has 2 amide bonds. The number of amides is 2. The van der Waals surface area contributed by atoms with Gasteiger partial charge in [-0.05, 0) is 6.07 Å². The Morgan fingerprint density at radius 1 is 1.47 bits per heavy atom. The van der Waals surface area contributed by atoms with Crippen molar-refractivity contribution >= 4 is 29.4 Å². The summed E-state index contributed by atoms with van der Waals surface area (Å²) in [5.41, 5.74) is 0.344. The van der Waals surface area contributed by atoms with Crippen LogP contribution in [0.3, 0.4) is 0 Å². The van der Waals surface area contributed by atoms with Gasteiger partial charge in [0.25, 0.3) is 0 Å². The lowest BCUT2D eigenvalue weighted by molar-refractivity contribution is 0.0696. The maximum absolute atomic E-state index is 11.5. The second-order valence-electron chi connectivity index (χ2n) is 3.41. The molecule has 0 aliphatic carbocycles. The predicted octanol–water partition coefficient (Wildman–Crippen LogP) is 1.27. The molecule has 19 heavy (non-hydrogen) atoms. The van der Waals surface area contributed by atoms with Crippen molar-refractivity contribution in [2.75, 3.05) is 23.4 Å². The van der Waals surface area contributed by atoms with Crippen molar-refractivity contribution in [3.8, 4) is 12.3 Å². The first-order valence-corrected chi connectivity index (χ1v) is 6.53. The SMILES string of the molecule is C#CCSCCNC(=O)Nc1cncc(C(=O)O)c1. The molecule has 0 aliphatic rings. The van der Waals surface area contributed by atoms with Gasteiger partial charge in [-0.1, -0.05) is 5.92 Å². The van der Waals surface area contributed by atoms with Crippen LogP contribution in [0.2, 0.25) is 0 Å². The number of carbonyl (C=O) groups is 2. The van der Waals surface area contributed by atoms with Crippen molar-refractivity contribution in [3.63, 3.8) is 0 Å². The minimum atomic E-state index is -1.10. The maximum atomic E-state index is 11.5. The molecule has 0 saturated carbocycles. The molecule has 0 fully saturated rings. The molecule has 100 valence electrons. The van der Waals surface area contributed by atoms with E-state index in [1.165, 1.54) is 30.2 Å². The number of anilines is 1. The van der Waals surface area contributed by atoms with E-state index >= 15 is 0 Å². The van der Waals surface area contributed by atoms with Crippen molar-refractivity contribution in [3.05, 3.63) is 24.0 Å². The van der Waals surface area contributed by atoms with Gasteiger partial charge < -0.3 is 15.7 Å². The number of terminal acetylenes is 1. The van der Waals surface area contributed by atoms with Gasteiger partial charge in [-0.15, -0.1) is 18.2 Å². The van der Waals surface area contributed by atoms with E-state index < -0.39 is 12.0 Å². The summed E-state index contributed by atoms with van der Waals surface area (Å²) in [5, 5.41) is 13.9. The highest BCUT2D eigenvalue weighted by Crippen LogP contribution is 2.08. The van der Waals surface area contributed by atoms with E-state index in [0.29, 0.717) is 23.7 Å². The lowest BCUT2D eigenvalue weighted by Gasteiger charge is -2.07. The lowest BCUT2D eigenvalue weighted by Crippen LogP contribution is -2.30. The number of rotatable bonds is 6. The first-order valence-electron chi connectivity index (χ1n) is 5.38. The number of nitrogens with zero attached hydrogens (tertiary/aromatic N) is 1. The minimum absolute atomic E-state index is 0.0161. The zero-order valence-corrected chi connectivity index (χ0v) is 10.9. The number of pyridine rings is 1. The third-order valence-electron chi connectivity index (χ3n) is 1.96. The molecule has 7 heteroatoms. The Morgan fingerprint density at radius 3 is 2.95 bits per heavy atom. The number of hydrogen-bond acceptors (Lipinski definition) is 4. The summed E-state index contributed by atoms with van der Waals surface area (Å²) >= 11 is 1.54. The number of carbonyl (C=O) groups excluding carboxylic acids is 1. The van der Waals surface area contributed by atoms with Gasteiger partial charge in [-0.25, -0.2) is 9.59 Å². The number of nitrogens with one attached hydrogen (secondary N) is 2. The summed E-state index contributed by atoms with van der Waals surface area (Å²) in [6.07, 6.45) is 7.67. The van der Waals surface area contributed by atoms with E-state index in [1.54, 1.807) is 0 Å². The van der Waals surface area contributed by atoms with Crippen LogP contribution >= 0.6 is 11.8 Å². The number of hydrogen-bond donors (Lipinski definition) is 3. The van der Waals surface area contributed by atoms with Gasteiger partial charge in [0.15, 0.2) is 0 Å². The van der Waals surface area contributed by atoms with Gasteiger partial charge in [0.1, 0.15) is 0 Å². The number of carboxylic acids is 1. The molecule has 0 spiro atoms. The summed E-state index contributed by atoms with van der Waals surface area (Å²) in [6.45, 7) is 0.476. The van der Waals surface area contributed by atoms with Gasteiger partial charge in [0.05, 0.1) is 23.2 Å². The largest absolute Gasteiger partial charge is 0.478 e. The highest BCUT2D eigenvalue weighted by molar-refractivity contribution is 7.99. The number of urea groups is 1. The molecule has 0 radical (unpaired) electrons. The molecular weight excluding hydrogens is 266 g/mol. The Bertz CT molecular complexity index is 499. The monoisotopic (exact) mass is 279 g/mol. The van der Waals surface area contributed by atoms with Crippen LogP contribution in [0, 0.1) is 12.3 Å². The van der Waals surface area contributed by atoms with Crippen LogP contribution in [-0.2, 0) is 0 Å². The quantitative estimate of drug-likeness (QED) is 0.539. The second kappa shape index (κ2) is 8.00. The summed E-state index contributed by atoms with van der Waals surface area (Å²) in [4.78, 5) is 25.9. The minimum Gasteiger partial charge on any atom is -0.478 e. The summed E-state index contributed by atoms with van der Waals surface area (Å²) in [7, 11) is 0. The molecule has 0 bridgehead atoms. The summed E-state index contributed by atoms with van der Waals surface area (Å²) < 4.78 is 0. The van der Waals surface area contributed by atoms with E-state index in [2.05, 4.69) is 21.5 Å². The summed E-state index contributed by atoms with van der Waals surface area (Å²) in [5.74, 6) is 2.71. The topological polar surface area (TPSA) is 91.3 Å². The van der Waals surface area contributed by atoms with Crippen LogP contribution in [0.15, 0.2) is 18.5 Å². The van der Waals surface area contributed by atoms with Crippen molar-refractivity contribution in [2.24, 2.45) is 0 Å². The van der Waals surface area contributed by atoms with Crippen LogP contribution in [-0.4, -0.2) is 40.1 Å². The average Bonchev–Trinajstić information content (AvgIpc) is 2.38. The number of aromatic nitrogens is 1. The van der Waals surface area contributed by atoms with E-state index in [9.17, 15) is 9.59 Å². The molecule has 1 rings (SSSR count). The lowest BCUT2D eigenvalue weighted by atomic mass is 10.3. The Balaban J connectivity index is 2.38. The van der Waals surface area contributed by atoms with Crippen molar-refractivity contribution in [1.82, 2.24) is 10.3 Å². The van der Waals surface area contributed by atoms with Crippen LogP contribution in [0.5, 0.6) is 0 Å². The van der Waals surface area contributed by atoms with Gasteiger partial charge >= 0.3 is 12.0 Å². The summed E-state index contributed by atoms with van der Waals surface area (Å²) in [6, 6.07) is 0.924. The first kappa shape index (κ1) is 14.9. The average molecular weight is 279 g/mol. The predicted molar refractivity (Wildman–Crippen MR) is 74.4 cm³/mol. The van der Waals surface area contributed by atoms with Crippen LogP contribution in [0.25, 0.3) is 0 Å². The Labute approximate surface area is 115 Å². The van der Waals surface area contributed by atoms with E-state index in [4.69, 9.17) is 11.5 Å². The first-order chi connectivity index (χ1) is 9.13. The van der Waals surface area contributed by atoms with Crippen LogP contribution < -0.4 is 10.6 Å². The van der Waals surface area contributed by atoms with E-state index in [-0.39, 0.29) is 5.56 Å². The van der Waals surface area contributed by atoms with Gasteiger partial charge in [-0.2, -0.15) is 0 Å². The Morgan fingerprint density at radius 2 is 2.26 bits per heavy atom. The Kier molecular flexibility index (Phi) is 6.26. The normalized spacial score (nSPS) is 9.42. The third kappa shape index (κ3) is 5.79. The fourth-order valence-electron chi connectivity index (χ4n) is 1.17. The van der Waals surface area contributed by atoms with Crippen LogP contribution in [0.4, 0.5) is 10.5 Å². The maximum Gasteiger partial charge on any atom is 0.337 e. The molecule has 0 unspecified atom stereocenters.